The molecule has 0 bridgehead atoms. The minimum atomic E-state index is -1.47. The number of rotatable bonds is 15. The third-order valence-corrected chi connectivity index (χ3v) is 6.36. The van der Waals surface area contributed by atoms with E-state index in [2.05, 4.69) is 20.9 Å². The summed E-state index contributed by atoms with van der Waals surface area (Å²) >= 11 is 0. The number of carbonyl (C=O) groups excluding carboxylic acids is 4. The Hall–Kier alpha value is -3.97. The normalized spacial score (nSPS) is 15.1. The second-order valence-electron chi connectivity index (χ2n) is 9.19. The summed E-state index contributed by atoms with van der Waals surface area (Å²) in [6.45, 7) is 2.69. The molecule has 1 aromatic carbocycles. The third-order valence-electron chi connectivity index (χ3n) is 6.36. The predicted octanol–water partition coefficient (Wildman–Crippen LogP) is -1.12. The van der Waals surface area contributed by atoms with Gasteiger partial charge in [0.25, 0.3) is 0 Å². The second kappa shape index (κ2) is 14.1. The van der Waals surface area contributed by atoms with Gasteiger partial charge in [-0.25, -0.2) is 4.79 Å². The molecule has 1 aromatic heterocycles. The Kier molecular flexibility index (Phi) is 11.2. The van der Waals surface area contributed by atoms with Crippen molar-refractivity contribution in [1.29, 1.82) is 0 Å². The van der Waals surface area contributed by atoms with Gasteiger partial charge in [-0.1, -0.05) is 38.5 Å². The van der Waals surface area contributed by atoms with E-state index in [4.69, 9.17) is 11.5 Å². The molecule has 1 heterocycles. The van der Waals surface area contributed by atoms with Crippen molar-refractivity contribution in [3.8, 4) is 0 Å². The Bertz CT molecular complexity index is 1150. The summed E-state index contributed by atoms with van der Waals surface area (Å²) < 4.78 is 0. The zero-order valence-electron chi connectivity index (χ0n) is 21.4. The lowest BCUT2D eigenvalue weighted by Crippen LogP contribution is -2.59. The highest BCUT2D eigenvalue weighted by molar-refractivity contribution is 5.94. The van der Waals surface area contributed by atoms with Crippen LogP contribution >= 0.6 is 0 Å². The lowest BCUT2D eigenvalue weighted by molar-refractivity contribution is -0.142. The maximum Gasteiger partial charge on any atom is 0.326 e. The van der Waals surface area contributed by atoms with Gasteiger partial charge in [0.05, 0.1) is 12.6 Å². The van der Waals surface area contributed by atoms with Crippen molar-refractivity contribution in [2.45, 2.75) is 63.7 Å². The minimum absolute atomic E-state index is 0.00924. The highest BCUT2D eigenvalue weighted by Gasteiger charge is 2.32. The van der Waals surface area contributed by atoms with E-state index in [9.17, 15) is 34.2 Å². The van der Waals surface area contributed by atoms with E-state index in [1.54, 1.807) is 20.0 Å². The van der Waals surface area contributed by atoms with Crippen LogP contribution in [0.15, 0.2) is 30.5 Å². The number of carboxylic acids is 1. The van der Waals surface area contributed by atoms with Crippen LogP contribution in [0.1, 0.15) is 38.7 Å². The lowest BCUT2D eigenvalue weighted by Gasteiger charge is -2.27. The molecule has 0 saturated heterocycles. The van der Waals surface area contributed by atoms with Gasteiger partial charge in [-0.05, 0) is 24.0 Å². The maximum atomic E-state index is 13.0. The number of carboxylic acid groups (broad SMARTS) is 1. The summed E-state index contributed by atoms with van der Waals surface area (Å²) in [5.41, 5.74) is 12.4. The first kappa shape index (κ1) is 30.3. The standard InChI is InChI=1S/C25H36N6O7/c1-3-13(2)21(31-22(34)16(26)8-9-20(27)33)24(36)30-19(12-32)23(35)29-18(25(37)38)10-14-11-28-17-7-5-4-6-15(14)17/h4-7,11,13,16,18-19,21,28,32H,3,8-10,12,26H2,1-2H3,(H2,27,33)(H,29,35)(H,30,36)(H,31,34)(H,37,38). The summed E-state index contributed by atoms with van der Waals surface area (Å²) in [5, 5.41) is 27.6. The predicted molar refractivity (Wildman–Crippen MR) is 138 cm³/mol. The van der Waals surface area contributed by atoms with Gasteiger partial charge in [0.15, 0.2) is 0 Å². The molecule has 38 heavy (non-hydrogen) atoms. The van der Waals surface area contributed by atoms with Gasteiger partial charge in [-0.2, -0.15) is 0 Å². The fourth-order valence-corrected chi connectivity index (χ4v) is 3.84. The molecule has 2 rings (SSSR count). The number of fused-ring (bicyclic) bond motifs is 1. The molecule has 0 aliphatic rings. The lowest BCUT2D eigenvalue weighted by atomic mass is 9.97. The van der Waals surface area contributed by atoms with Gasteiger partial charge >= 0.3 is 5.97 Å². The third kappa shape index (κ3) is 8.28. The Balaban J connectivity index is 2.09. The summed E-state index contributed by atoms with van der Waals surface area (Å²) in [4.78, 5) is 64.2. The van der Waals surface area contributed by atoms with E-state index < -0.39 is 60.4 Å². The molecule has 10 N–H and O–H groups in total. The molecule has 0 saturated carbocycles. The summed E-state index contributed by atoms with van der Waals surface area (Å²) in [5.74, 6) is -4.63. The number of aliphatic hydroxyl groups is 1. The molecule has 0 aliphatic heterocycles. The zero-order chi connectivity index (χ0) is 28.4. The zero-order valence-corrected chi connectivity index (χ0v) is 21.4. The number of para-hydroxylation sites is 1. The van der Waals surface area contributed by atoms with E-state index in [0.29, 0.717) is 12.0 Å². The Morgan fingerprint density at radius 1 is 1.00 bits per heavy atom. The van der Waals surface area contributed by atoms with E-state index >= 15 is 0 Å². The van der Waals surface area contributed by atoms with Gasteiger partial charge in [0.1, 0.15) is 18.1 Å². The van der Waals surface area contributed by atoms with Crippen molar-refractivity contribution in [3.05, 3.63) is 36.0 Å². The highest BCUT2D eigenvalue weighted by atomic mass is 16.4. The van der Waals surface area contributed by atoms with E-state index in [0.717, 1.165) is 10.9 Å². The molecule has 13 nitrogen and oxygen atoms in total. The molecule has 0 fully saturated rings. The molecule has 5 unspecified atom stereocenters. The first-order valence-electron chi connectivity index (χ1n) is 12.3. The SMILES string of the molecule is CCC(C)C(NC(=O)C(N)CCC(N)=O)C(=O)NC(CO)C(=O)NC(Cc1c[nH]c2ccccc12)C(=O)O. The number of H-pyrrole nitrogens is 1. The molecule has 5 atom stereocenters. The Morgan fingerprint density at radius 2 is 1.66 bits per heavy atom. The number of aromatic nitrogens is 1. The topological polar surface area (TPSA) is 230 Å². The smallest absolute Gasteiger partial charge is 0.326 e. The average Bonchev–Trinajstić information content (AvgIpc) is 3.30. The van der Waals surface area contributed by atoms with Crippen molar-refractivity contribution in [1.82, 2.24) is 20.9 Å². The fourth-order valence-electron chi connectivity index (χ4n) is 3.84. The first-order chi connectivity index (χ1) is 18.0. The largest absolute Gasteiger partial charge is 0.480 e. The number of primary amides is 1. The number of nitrogens with two attached hydrogens (primary N) is 2. The van der Waals surface area contributed by atoms with Crippen molar-refractivity contribution in [2.75, 3.05) is 6.61 Å². The van der Waals surface area contributed by atoms with Gasteiger partial charge in [-0.15, -0.1) is 0 Å². The molecular weight excluding hydrogens is 496 g/mol. The minimum Gasteiger partial charge on any atom is -0.480 e. The van der Waals surface area contributed by atoms with Crippen LogP contribution in [-0.2, 0) is 30.4 Å². The number of aliphatic carboxylic acids is 1. The van der Waals surface area contributed by atoms with E-state index in [-0.39, 0.29) is 25.2 Å². The monoisotopic (exact) mass is 532 g/mol. The first-order valence-corrected chi connectivity index (χ1v) is 12.3. The van der Waals surface area contributed by atoms with Crippen molar-refractivity contribution >= 4 is 40.5 Å². The number of hydrogen-bond acceptors (Lipinski definition) is 7. The van der Waals surface area contributed by atoms with Crippen molar-refractivity contribution in [3.63, 3.8) is 0 Å². The number of benzene rings is 1. The number of amides is 4. The summed E-state index contributed by atoms with van der Waals surface area (Å²) in [6.07, 6.45) is 1.99. The average molecular weight is 533 g/mol. The number of hydrogen-bond donors (Lipinski definition) is 8. The number of carbonyl (C=O) groups is 5. The molecule has 0 radical (unpaired) electrons. The van der Waals surface area contributed by atoms with Crippen LogP contribution in [0.3, 0.4) is 0 Å². The van der Waals surface area contributed by atoms with Crippen LogP contribution in [-0.4, -0.2) is 75.6 Å². The molecule has 0 aliphatic carbocycles. The Morgan fingerprint density at radius 3 is 2.26 bits per heavy atom. The second-order valence-corrected chi connectivity index (χ2v) is 9.19. The van der Waals surface area contributed by atoms with Crippen LogP contribution < -0.4 is 27.4 Å². The maximum absolute atomic E-state index is 13.0. The number of nitrogens with one attached hydrogen (secondary N) is 4. The van der Waals surface area contributed by atoms with Crippen LogP contribution in [0.25, 0.3) is 10.9 Å². The van der Waals surface area contributed by atoms with Gasteiger partial charge in [0, 0.05) is 29.9 Å². The Labute approximate surface area is 219 Å². The van der Waals surface area contributed by atoms with E-state index in [1.165, 1.54) is 0 Å². The van der Waals surface area contributed by atoms with Gasteiger partial charge in [0.2, 0.25) is 23.6 Å². The summed E-state index contributed by atoms with van der Waals surface area (Å²) in [6, 6.07) is 2.30. The van der Waals surface area contributed by atoms with Gasteiger partial charge in [-0.3, -0.25) is 19.2 Å². The molecular formula is C25H36N6O7. The molecule has 2 aromatic rings. The molecule has 0 spiro atoms. The molecule has 208 valence electrons. The quantitative estimate of drug-likeness (QED) is 0.140. The fraction of sp³-hybridized carbons (Fsp3) is 0.480. The number of aromatic amines is 1. The van der Waals surface area contributed by atoms with Crippen LogP contribution in [0.2, 0.25) is 0 Å². The van der Waals surface area contributed by atoms with Gasteiger partial charge < -0.3 is 42.6 Å². The highest BCUT2D eigenvalue weighted by Crippen LogP contribution is 2.19. The van der Waals surface area contributed by atoms with Crippen LogP contribution in [0.4, 0.5) is 0 Å². The van der Waals surface area contributed by atoms with Crippen molar-refractivity contribution in [2.24, 2.45) is 17.4 Å². The molecule has 4 amide bonds. The summed E-state index contributed by atoms with van der Waals surface area (Å²) in [7, 11) is 0. The van der Waals surface area contributed by atoms with Crippen LogP contribution in [0.5, 0.6) is 0 Å². The van der Waals surface area contributed by atoms with Crippen LogP contribution in [0, 0.1) is 5.92 Å². The molecule has 13 heteroatoms. The van der Waals surface area contributed by atoms with Crippen molar-refractivity contribution < 1.29 is 34.2 Å². The van der Waals surface area contributed by atoms with E-state index in [1.807, 2.05) is 24.3 Å². The number of aliphatic hydroxyl groups excluding tert-OH is 1.